The molecule has 9 nitrogen and oxygen atoms in total. The lowest BCUT2D eigenvalue weighted by molar-refractivity contribution is 0.385. The van der Waals surface area contributed by atoms with Gasteiger partial charge in [0, 0.05) is 44.4 Å². The molecule has 1 aliphatic rings. The summed E-state index contributed by atoms with van der Waals surface area (Å²) in [4.78, 5) is 14.0. The van der Waals surface area contributed by atoms with Crippen LogP contribution in [0.4, 0.5) is 10.9 Å². The first kappa shape index (κ1) is 23.5. The van der Waals surface area contributed by atoms with Gasteiger partial charge in [-0.2, -0.15) is 0 Å². The molecule has 4 rings (SSSR count). The van der Waals surface area contributed by atoms with Crippen LogP contribution < -0.4 is 9.62 Å². The van der Waals surface area contributed by atoms with E-state index in [1.54, 1.807) is 30.6 Å². The Balaban J connectivity index is 1.32. The Morgan fingerprint density at radius 3 is 2.48 bits per heavy atom. The Bertz CT molecular complexity index is 1220. The zero-order valence-corrected chi connectivity index (χ0v) is 20.9. The van der Waals surface area contributed by atoms with E-state index in [4.69, 9.17) is 12.2 Å². The third-order valence-corrected chi connectivity index (χ3v) is 8.20. The molecule has 0 bridgehead atoms. The molecular weight excluding hydrogens is 478 g/mol. The third-order valence-electron chi connectivity index (χ3n) is 5.33. The van der Waals surface area contributed by atoms with Crippen molar-refractivity contribution in [3.63, 3.8) is 0 Å². The fourth-order valence-electron chi connectivity index (χ4n) is 3.48. The summed E-state index contributed by atoms with van der Waals surface area (Å²) in [5, 5.41) is 8.88. The summed E-state index contributed by atoms with van der Waals surface area (Å²) in [7, 11) is -3.71. The summed E-state index contributed by atoms with van der Waals surface area (Å²) in [6, 6.07) is 8.79. The number of rotatable bonds is 7. The van der Waals surface area contributed by atoms with Crippen LogP contribution in [0.3, 0.4) is 0 Å². The molecule has 3 aromatic rings. The highest BCUT2D eigenvalue weighted by atomic mass is 32.2. The smallest absolute Gasteiger partial charge is 0.263 e. The first-order valence-electron chi connectivity index (χ1n) is 10.6. The molecule has 0 radical (unpaired) electrons. The normalized spacial score (nSPS) is 14.4. The van der Waals surface area contributed by atoms with Crippen LogP contribution in [0.1, 0.15) is 23.2 Å². The van der Waals surface area contributed by atoms with Crippen molar-refractivity contribution in [3.05, 3.63) is 52.9 Å². The quantitative estimate of drug-likeness (QED) is 0.487. The van der Waals surface area contributed by atoms with Gasteiger partial charge in [-0.1, -0.05) is 42.6 Å². The Morgan fingerprint density at radius 2 is 1.85 bits per heavy atom. The maximum Gasteiger partial charge on any atom is 0.263 e. The molecule has 1 N–H and O–H groups in total. The molecule has 1 aliphatic heterocycles. The van der Waals surface area contributed by atoms with Gasteiger partial charge in [0.15, 0.2) is 0 Å². The van der Waals surface area contributed by atoms with Gasteiger partial charge in [-0.25, -0.2) is 18.4 Å². The van der Waals surface area contributed by atoms with E-state index < -0.39 is 10.0 Å². The Kier molecular flexibility index (Phi) is 7.15. The van der Waals surface area contributed by atoms with Gasteiger partial charge in [-0.15, -0.1) is 10.2 Å². The van der Waals surface area contributed by atoms with Gasteiger partial charge in [0.2, 0.25) is 5.13 Å². The Morgan fingerprint density at radius 1 is 1.12 bits per heavy atom. The number of aryl methyl sites for hydroxylation is 2. The van der Waals surface area contributed by atoms with Crippen LogP contribution in [-0.4, -0.2) is 64.7 Å². The van der Waals surface area contributed by atoms with Gasteiger partial charge in [-0.05, 0) is 31.0 Å². The lowest BCUT2D eigenvalue weighted by Crippen LogP contribution is -2.49. The van der Waals surface area contributed by atoms with E-state index in [-0.39, 0.29) is 10.0 Å². The number of nitrogens with one attached hydrogen (secondary N) is 1. The molecule has 1 fully saturated rings. The summed E-state index contributed by atoms with van der Waals surface area (Å²) in [6.07, 6.45) is 2.90. The van der Waals surface area contributed by atoms with E-state index in [0.717, 1.165) is 53.3 Å². The van der Waals surface area contributed by atoms with Gasteiger partial charge >= 0.3 is 0 Å². The molecule has 2 aromatic heterocycles. The van der Waals surface area contributed by atoms with Gasteiger partial charge in [0.25, 0.3) is 10.0 Å². The highest BCUT2D eigenvalue weighted by Crippen LogP contribution is 2.21. The van der Waals surface area contributed by atoms with E-state index >= 15 is 0 Å². The maximum atomic E-state index is 12.6. The van der Waals surface area contributed by atoms with E-state index in [2.05, 4.69) is 34.7 Å². The predicted octanol–water partition coefficient (Wildman–Crippen LogP) is 2.69. The minimum atomic E-state index is -3.71. The topological polar surface area (TPSA) is 104 Å². The number of nitrogens with zero attached hydrogens (tertiary/aromatic N) is 6. The number of piperazine rings is 1. The number of hydrogen-bond acceptors (Lipinski definition) is 9. The number of sulfonamides is 1. The number of anilines is 2. The standard InChI is InChI=1S/C21H25N7O2S3/c1-3-19-24-25-21(32-19)26-33(29,30)17-6-4-16(5-7-17)13-20(31)28-10-8-27(9-11-28)18-12-15(2)22-14-23-18/h4-7,12,14H,3,8-11,13H2,1-2H3,(H,25,26). The number of benzene rings is 1. The molecule has 12 heteroatoms. The molecule has 0 unspecified atom stereocenters. The van der Waals surface area contributed by atoms with Crippen molar-refractivity contribution < 1.29 is 8.42 Å². The summed E-state index contributed by atoms with van der Waals surface area (Å²) in [5.74, 6) is 0.943. The van der Waals surface area contributed by atoms with Crippen LogP contribution in [0, 0.1) is 6.92 Å². The van der Waals surface area contributed by atoms with Crippen LogP contribution in [0.15, 0.2) is 41.6 Å². The van der Waals surface area contributed by atoms with Crippen molar-refractivity contribution in [2.45, 2.75) is 31.6 Å². The van der Waals surface area contributed by atoms with Crippen molar-refractivity contribution >= 4 is 49.5 Å². The zero-order valence-electron chi connectivity index (χ0n) is 18.4. The minimum absolute atomic E-state index is 0.180. The molecule has 0 spiro atoms. The fraction of sp³-hybridized carbons (Fsp3) is 0.381. The minimum Gasteiger partial charge on any atom is -0.362 e. The van der Waals surface area contributed by atoms with E-state index in [1.165, 1.54) is 11.3 Å². The highest BCUT2D eigenvalue weighted by molar-refractivity contribution is 7.93. The van der Waals surface area contributed by atoms with Crippen LogP contribution in [0.5, 0.6) is 0 Å². The third kappa shape index (κ3) is 5.81. The second-order valence-electron chi connectivity index (χ2n) is 7.67. The second kappa shape index (κ2) is 10.1. The number of thiocarbonyl (C=S) groups is 1. The van der Waals surface area contributed by atoms with Crippen LogP contribution in [0.25, 0.3) is 0 Å². The van der Waals surface area contributed by atoms with E-state index in [0.29, 0.717) is 12.8 Å². The van der Waals surface area contributed by atoms with E-state index in [1.807, 2.05) is 19.9 Å². The van der Waals surface area contributed by atoms with Crippen LogP contribution in [0.2, 0.25) is 0 Å². The zero-order chi connectivity index (χ0) is 23.4. The Hall–Kier alpha value is -2.70. The summed E-state index contributed by atoms with van der Waals surface area (Å²) >= 11 is 6.91. The molecule has 0 amide bonds. The van der Waals surface area contributed by atoms with Crippen molar-refractivity contribution in [1.82, 2.24) is 25.1 Å². The van der Waals surface area contributed by atoms with Crippen molar-refractivity contribution in [2.24, 2.45) is 0 Å². The molecule has 174 valence electrons. The summed E-state index contributed by atoms with van der Waals surface area (Å²) in [6.45, 7) is 7.22. The molecule has 0 aliphatic carbocycles. The summed E-state index contributed by atoms with van der Waals surface area (Å²) in [5.41, 5.74) is 1.92. The molecule has 1 aromatic carbocycles. The van der Waals surface area contributed by atoms with Crippen molar-refractivity contribution in [2.75, 3.05) is 35.8 Å². The molecule has 0 saturated carbocycles. The molecule has 1 saturated heterocycles. The number of hydrogen-bond donors (Lipinski definition) is 1. The Labute approximate surface area is 203 Å². The molecule has 0 atom stereocenters. The predicted molar refractivity (Wildman–Crippen MR) is 133 cm³/mol. The monoisotopic (exact) mass is 503 g/mol. The first-order valence-corrected chi connectivity index (χ1v) is 13.3. The van der Waals surface area contributed by atoms with Crippen LogP contribution in [-0.2, 0) is 22.9 Å². The average Bonchev–Trinajstić information content (AvgIpc) is 3.26. The summed E-state index contributed by atoms with van der Waals surface area (Å²) < 4.78 is 27.7. The van der Waals surface area contributed by atoms with Gasteiger partial charge in [0.05, 0.1) is 9.88 Å². The largest absolute Gasteiger partial charge is 0.362 e. The molecular formula is C21H25N7O2S3. The second-order valence-corrected chi connectivity index (χ2v) is 10.9. The lowest BCUT2D eigenvalue weighted by Gasteiger charge is -2.37. The van der Waals surface area contributed by atoms with Crippen molar-refractivity contribution in [3.8, 4) is 0 Å². The molecule has 33 heavy (non-hydrogen) atoms. The SMILES string of the molecule is CCc1nnc(NS(=O)(=O)c2ccc(CC(=S)N3CCN(c4cc(C)ncn4)CC3)cc2)s1. The van der Waals surface area contributed by atoms with Crippen molar-refractivity contribution in [1.29, 1.82) is 0 Å². The number of aromatic nitrogens is 4. The van der Waals surface area contributed by atoms with Crippen LogP contribution >= 0.6 is 23.6 Å². The van der Waals surface area contributed by atoms with Gasteiger partial charge in [-0.3, -0.25) is 4.72 Å². The van der Waals surface area contributed by atoms with E-state index in [9.17, 15) is 8.42 Å². The lowest BCUT2D eigenvalue weighted by atomic mass is 10.1. The van der Waals surface area contributed by atoms with Gasteiger partial charge < -0.3 is 9.80 Å². The maximum absolute atomic E-state index is 12.6. The van der Waals surface area contributed by atoms with Gasteiger partial charge in [0.1, 0.15) is 17.2 Å². The highest BCUT2D eigenvalue weighted by Gasteiger charge is 2.21. The molecule has 3 heterocycles. The first-order chi connectivity index (χ1) is 15.8. The average molecular weight is 504 g/mol. The fourth-order valence-corrected chi connectivity index (χ4v) is 5.74.